The van der Waals surface area contributed by atoms with E-state index in [0.717, 1.165) is 6.07 Å². The summed E-state index contributed by atoms with van der Waals surface area (Å²) >= 11 is 0. The maximum absolute atomic E-state index is 13.7. The molecule has 38 heavy (non-hydrogen) atoms. The number of nitrogens with zero attached hydrogens (tertiary/aromatic N) is 3. The van der Waals surface area contributed by atoms with Crippen LogP contribution in [0.5, 0.6) is 0 Å². The number of hydrogen-bond donors (Lipinski definition) is 2. The van der Waals surface area contributed by atoms with Crippen LogP contribution in [0.1, 0.15) is 16.1 Å². The highest BCUT2D eigenvalue weighted by atomic mass is 19.1. The molecule has 0 bridgehead atoms. The summed E-state index contributed by atoms with van der Waals surface area (Å²) in [5.74, 6) is -1.67. The van der Waals surface area contributed by atoms with Crippen LogP contribution < -0.4 is 16.6 Å². The van der Waals surface area contributed by atoms with E-state index in [1.807, 2.05) is 18.2 Å². The van der Waals surface area contributed by atoms with Gasteiger partial charge in [-0.2, -0.15) is 0 Å². The molecule has 0 spiro atoms. The van der Waals surface area contributed by atoms with Gasteiger partial charge in [0.05, 0.1) is 11.4 Å². The van der Waals surface area contributed by atoms with Gasteiger partial charge in [-0.25, -0.2) is 18.4 Å². The van der Waals surface area contributed by atoms with Crippen LogP contribution in [0.25, 0.3) is 27.9 Å². The Labute approximate surface area is 216 Å². The van der Waals surface area contributed by atoms with Crippen molar-refractivity contribution in [3.63, 3.8) is 0 Å². The lowest BCUT2D eigenvalue weighted by atomic mass is 10.0. The molecule has 0 saturated carbocycles. The number of anilines is 2. The summed E-state index contributed by atoms with van der Waals surface area (Å²) in [6.45, 7) is 1.71. The second kappa shape index (κ2) is 9.78. The van der Waals surface area contributed by atoms with Crippen molar-refractivity contribution < 1.29 is 13.6 Å². The van der Waals surface area contributed by atoms with E-state index in [9.17, 15) is 18.4 Å². The molecule has 3 N–H and O–H groups in total. The van der Waals surface area contributed by atoms with Gasteiger partial charge in [0.2, 0.25) is 0 Å². The second-order valence-corrected chi connectivity index (χ2v) is 8.78. The van der Waals surface area contributed by atoms with E-state index in [4.69, 9.17) is 5.73 Å². The summed E-state index contributed by atoms with van der Waals surface area (Å²) in [5.41, 5.74) is 9.45. The van der Waals surface area contributed by atoms with Crippen molar-refractivity contribution in [1.82, 2.24) is 14.3 Å². The molecular formula is C29H23F2N5O2. The van der Waals surface area contributed by atoms with Crippen LogP contribution in [0.3, 0.4) is 0 Å². The highest BCUT2D eigenvalue weighted by molar-refractivity contribution is 6.05. The fourth-order valence-electron chi connectivity index (χ4n) is 4.34. The average Bonchev–Trinajstić information content (AvgIpc) is 3.12. The number of rotatable bonds is 5. The van der Waals surface area contributed by atoms with Crippen molar-refractivity contribution in [2.45, 2.75) is 6.92 Å². The monoisotopic (exact) mass is 511 g/mol. The molecule has 2 aromatic heterocycles. The van der Waals surface area contributed by atoms with E-state index < -0.39 is 23.1 Å². The number of pyridine rings is 1. The SMILES string of the molecule is Cc1c(C(=O)Nc2ccc(-c3cc(-c4cc(F)cc(F)c4)cnc3N)cc2)c(=O)n(-c2ccccc2)n1C. The Hall–Kier alpha value is -5.05. The molecule has 0 unspecified atom stereocenters. The number of benzene rings is 3. The van der Waals surface area contributed by atoms with Crippen LogP contribution in [-0.2, 0) is 7.05 Å². The van der Waals surface area contributed by atoms with Crippen LogP contribution in [0.15, 0.2) is 89.9 Å². The lowest BCUT2D eigenvalue weighted by Crippen LogP contribution is -2.25. The Bertz CT molecular complexity index is 1700. The molecule has 5 aromatic rings. The van der Waals surface area contributed by atoms with Crippen LogP contribution >= 0.6 is 0 Å². The molecule has 1 amide bonds. The van der Waals surface area contributed by atoms with Gasteiger partial charge in [0.25, 0.3) is 11.5 Å². The molecular weight excluding hydrogens is 488 g/mol. The zero-order chi connectivity index (χ0) is 27.0. The summed E-state index contributed by atoms with van der Waals surface area (Å²) in [4.78, 5) is 30.4. The average molecular weight is 512 g/mol. The first-order chi connectivity index (χ1) is 18.2. The number of aromatic nitrogens is 3. The maximum atomic E-state index is 13.7. The van der Waals surface area contributed by atoms with E-state index in [-0.39, 0.29) is 11.4 Å². The fourth-order valence-corrected chi connectivity index (χ4v) is 4.34. The number of nitrogen functional groups attached to an aromatic ring is 1. The predicted octanol–water partition coefficient (Wildman–Crippen LogP) is 5.33. The van der Waals surface area contributed by atoms with Gasteiger partial charge in [0.1, 0.15) is 23.0 Å². The Kier molecular flexibility index (Phi) is 6.34. The largest absolute Gasteiger partial charge is 0.383 e. The highest BCUT2D eigenvalue weighted by Gasteiger charge is 2.22. The third-order valence-electron chi connectivity index (χ3n) is 6.35. The molecule has 0 aliphatic carbocycles. The lowest BCUT2D eigenvalue weighted by Gasteiger charge is -2.10. The molecule has 2 heterocycles. The normalized spacial score (nSPS) is 10.9. The third kappa shape index (κ3) is 4.57. The van der Waals surface area contributed by atoms with Crippen LogP contribution in [0.2, 0.25) is 0 Å². The number of amides is 1. The van der Waals surface area contributed by atoms with Crippen molar-refractivity contribution in [3.05, 3.63) is 118 Å². The maximum Gasteiger partial charge on any atom is 0.284 e. The number of nitrogens with two attached hydrogens (primary N) is 1. The lowest BCUT2D eigenvalue weighted by molar-refractivity contribution is 0.102. The first-order valence-electron chi connectivity index (χ1n) is 11.7. The van der Waals surface area contributed by atoms with Gasteiger partial charge < -0.3 is 11.1 Å². The number of carbonyl (C=O) groups excluding carboxylic acids is 1. The molecule has 3 aromatic carbocycles. The van der Waals surface area contributed by atoms with Gasteiger partial charge in [-0.15, -0.1) is 0 Å². The number of nitrogens with one attached hydrogen (secondary N) is 1. The van der Waals surface area contributed by atoms with Crippen molar-refractivity contribution in [1.29, 1.82) is 0 Å². The van der Waals surface area contributed by atoms with E-state index in [1.165, 1.54) is 23.0 Å². The number of carbonyl (C=O) groups is 1. The first kappa shape index (κ1) is 24.6. The molecule has 0 radical (unpaired) electrons. The van der Waals surface area contributed by atoms with Crippen molar-refractivity contribution >= 4 is 17.4 Å². The molecule has 0 saturated heterocycles. The Morgan fingerprint density at radius 2 is 1.55 bits per heavy atom. The summed E-state index contributed by atoms with van der Waals surface area (Å²) in [6, 6.07) is 20.8. The van der Waals surface area contributed by atoms with Crippen molar-refractivity contribution in [2.75, 3.05) is 11.1 Å². The fraction of sp³-hybridized carbons (Fsp3) is 0.0690. The quantitative estimate of drug-likeness (QED) is 0.334. The van der Waals surface area contributed by atoms with Crippen molar-refractivity contribution in [3.8, 4) is 27.9 Å². The minimum absolute atomic E-state index is 0.0453. The zero-order valence-corrected chi connectivity index (χ0v) is 20.6. The number of halogens is 2. The second-order valence-electron chi connectivity index (χ2n) is 8.78. The Balaban J connectivity index is 1.41. The summed E-state index contributed by atoms with van der Waals surface area (Å²) in [5, 5.41) is 2.78. The molecule has 0 atom stereocenters. The van der Waals surface area contributed by atoms with E-state index >= 15 is 0 Å². The van der Waals surface area contributed by atoms with Gasteiger partial charge >= 0.3 is 0 Å². The van der Waals surface area contributed by atoms with Gasteiger partial charge in [-0.1, -0.05) is 30.3 Å². The van der Waals surface area contributed by atoms with Gasteiger partial charge in [0, 0.05) is 36.1 Å². The highest BCUT2D eigenvalue weighted by Crippen LogP contribution is 2.31. The third-order valence-corrected chi connectivity index (χ3v) is 6.35. The van der Waals surface area contributed by atoms with E-state index in [2.05, 4.69) is 10.3 Å². The summed E-state index contributed by atoms with van der Waals surface area (Å²) < 4.78 is 30.5. The van der Waals surface area contributed by atoms with E-state index in [0.29, 0.717) is 39.3 Å². The molecule has 9 heteroatoms. The topological polar surface area (TPSA) is 94.9 Å². The van der Waals surface area contributed by atoms with Gasteiger partial charge in [0.15, 0.2) is 0 Å². The minimum Gasteiger partial charge on any atom is -0.383 e. The molecule has 0 aliphatic heterocycles. The summed E-state index contributed by atoms with van der Waals surface area (Å²) in [7, 11) is 1.72. The van der Waals surface area contributed by atoms with Crippen LogP contribution in [0.4, 0.5) is 20.3 Å². The van der Waals surface area contributed by atoms with E-state index in [1.54, 1.807) is 61.1 Å². The molecule has 0 fully saturated rings. The molecule has 0 aliphatic rings. The number of hydrogen-bond acceptors (Lipinski definition) is 4. The van der Waals surface area contributed by atoms with Crippen LogP contribution in [0, 0.1) is 18.6 Å². The molecule has 190 valence electrons. The standard InChI is InChI=1S/C29H23F2N5O2/c1-17-26(29(38)36(35(17)2)24-6-4-3-5-7-24)28(37)34-23-10-8-18(9-11-23)25-14-20(16-33-27(25)32)19-12-21(30)15-22(31)13-19/h3-16H,1-2H3,(H2,32,33)(H,34,37). The first-order valence-corrected chi connectivity index (χ1v) is 11.7. The van der Waals surface area contributed by atoms with Crippen LogP contribution in [-0.4, -0.2) is 20.3 Å². The smallest absolute Gasteiger partial charge is 0.284 e. The summed E-state index contributed by atoms with van der Waals surface area (Å²) in [6.07, 6.45) is 1.45. The molecule has 7 nitrogen and oxygen atoms in total. The Morgan fingerprint density at radius 3 is 2.21 bits per heavy atom. The minimum atomic E-state index is -0.692. The Morgan fingerprint density at radius 1 is 0.895 bits per heavy atom. The van der Waals surface area contributed by atoms with Crippen molar-refractivity contribution in [2.24, 2.45) is 7.05 Å². The van der Waals surface area contributed by atoms with Gasteiger partial charge in [-0.3, -0.25) is 14.3 Å². The zero-order valence-electron chi connectivity index (χ0n) is 20.6. The van der Waals surface area contributed by atoms with Gasteiger partial charge in [-0.05, 0) is 60.5 Å². The predicted molar refractivity (Wildman–Crippen MR) is 143 cm³/mol. The number of para-hydroxylation sites is 1. The molecule has 5 rings (SSSR count).